The van der Waals surface area contributed by atoms with E-state index in [0.29, 0.717) is 10.8 Å². The van der Waals surface area contributed by atoms with Gasteiger partial charge in [0.05, 0.1) is 22.5 Å². The Morgan fingerprint density at radius 1 is 1.05 bits per heavy atom. The van der Waals surface area contributed by atoms with Gasteiger partial charge in [-0.25, -0.2) is 4.98 Å². The minimum Gasteiger partial charge on any atom is -0.342 e. The molecule has 110 valence electrons. The monoisotopic (exact) mass is 312 g/mol. The number of thiazole rings is 1. The number of carbonyl (C=O) groups is 2. The van der Waals surface area contributed by atoms with Crippen LogP contribution in [-0.4, -0.2) is 21.8 Å². The maximum absolute atomic E-state index is 11.8. The molecule has 0 bridgehead atoms. The normalized spacial score (nSPS) is 10.4. The van der Waals surface area contributed by atoms with E-state index in [1.165, 1.54) is 11.3 Å². The first kappa shape index (κ1) is 14.2. The second-order valence-electron chi connectivity index (χ2n) is 4.44. The molecule has 6 nitrogen and oxygen atoms in total. The number of nitrogens with one attached hydrogen (secondary N) is 2. The van der Waals surface area contributed by atoms with Crippen molar-refractivity contribution in [2.24, 2.45) is 0 Å². The summed E-state index contributed by atoms with van der Waals surface area (Å²) in [5.41, 5.74) is 1.47. The maximum Gasteiger partial charge on any atom is 0.315 e. The summed E-state index contributed by atoms with van der Waals surface area (Å²) in [5.74, 6) is -1.46. The summed E-state index contributed by atoms with van der Waals surface area (Å²) < 4.78 is 0.951. The third-order valence-electron chi connectivity index (χ3n) is 2.88. The fourth-order valence-corrected chi connectivity index (χ4v) is 2.69. The number of aromatic nitrogens is 2. The van der Waals surface area contributed by atoms with Crippen molar-refractivity contribution < 1.29 is 9.59 Å². The van der Waals surface area contributed by atoms with Crippen LogP contribution < -0.4 is 10.6 Å². The van der Waals surface area contributed by atoms with Gasteiger partial charge in [0.1, 0.15) is 0 Å². The van der Waals surface area contributed by atoms with E-state index in [2.05, 4.69) is 20.6 Å². The molecule has 2 heterocycles. The number of hydrogen-bond acceptors (Lipinski definition) is 5. The highest BCUT2D eigenvalue weighted by Gasteiger charge is 2.15. The van der Waals surface area contributed by atoms with Crippen molar-refractivity contribution in [3.8, 4) is 0 Å². The molecule has 0 aliphatic carbocycles. The van der Waals surface area contributed by atoms with Gasteiger partial charge in [0.15, 0.2) is 5.13 Å². The molecule has 0 saturated heterocycles. The molecule has 2 amide bonds. The van der Waals surface area contributed by atoms with E-state index >= 15 is 0 Å². The predicted molar refractivity (Wildman–Crippen MR) is 84.3 cm³/mol. The number of benzene rings is 1. The number of rotatable bonds is 3. The lowest BCUT2D eigenvalue weighted by Gasteiger charge is -2.03. The quantitative estimate of drug-likeness (QED) is 0.724. The minimum absolute atomic E-state index is 0.201. The zero-order chi connectivity index (χ0) is 15.4. The van der Waals surface area contributed by atoms with E-state index in [-0.39, 0.29) is 6.54 Å². The van der Waals surface area contributed by atoms with Crippen molar-refractivity contribution in [3.63, 3.8) is 0 Å². The summed E-state index contributed by atoms with van der Waals surface area (Å²) in [6.45, 7) is 0.201. The standard InChI is InChI=1S/C15H12N4O2S/c20-13(17-9-10-5-3-4-8-16-10)14(21)19-15-18-11-6-1-2-7-12(11)22-15/h1-8H,9H2,(H,17,20)(H,18,19,21). The Hall–Kier alpha value is -2.80. The van der Waals surface area contributed by atoms with Crippen LogP contribution in [0.1, 0.15) is 5.69 Å². The van der Waals surface area contributed by atoms with Crippen molar-refractivity contribution in [1.82, 2.24) is 15.3 Å². The topological polar surface area (TPSA) is 84.0 Å². The third-order valence-corrected chi connectivity index (χ3v) is 3.83. The van der Waals surface area contributed by atoms with E-state index < -0.39 is 11.8 Å². The Bertz CT molecular complexity index is 784. The summed E-state index contributed by atoms with van der Waals surface area (Å²) in [7, 11) is 0. The lowest BCUT2D eigenvalue weighted by Crippen LogP contribution is -2.35. The maximum atomic E-state index is 11.8. The molecular weight excluding hydrogens is 300 g/mol. The van der Waals surface area contributed by atoms with Crippen molar-refractivity contribution in [2.75, 3.05) is 5.32 Å². The summed E-state index contributed by atoms with van der Waals surface area (Å²) in [4.78, 5) is 31.9. The predicted octanol–water partition coefficient (Wildman–Crippen LogP) is 1.95. The number of fused-ring (bicyclic) bond motifs is 1. The highest BCUT2D eigenvalue weighted by Crippen LogP contribution is 2.25. The van der Waals surface area contributed by atoms with E-state index in [0.717, 1.165) is 10.2 Å². The number of anilines is 1. The Balaban J connectivity index is 1.60. The average Bonchev–Trinajstić information content (AvgIpc) is 2.95. The molecule has 3 aromatic rings. The third kappa shape index (κ3) is 3.26. The molecule has 1 aromatic carbocycles. The van der Waals surface area contributed by atoms with Crippen LogP contribution in [0.5, 0.6) is 0 Å². The number of para-hydroxylation sites is 1. The van der Waals surface area contributed by atoms with E-state index in [1.54, 1.807) is 18.3 Å². The summed E-state index contributed by atoms with van der Waals surface area (Å²) >= 11 is 1.32. The van der Waals surface area contributed by atoms with Crippen molar-refractivity contribution in [1.29, 1.82) is 0 Å². The van der Waals surface area contributed by atoms with Crippen LogP contribution in [0.25, 0.3) is 10.2 Å². The van der Waals surface area contributed by atoms with E-state index in [4.69, 9.17) is 0 Å². The minimum atomic E-state index is -0.741. The number of pyridine rings is 1. The average molecular weight is 312 g/mol. The molecule has 0 spiro atoms. The van der Waals surface area contributed by atoms with Crippen LogP contribution in [0.15, 0.2) is 48.7 Å². The summed E-state index contributed by atoms with van der Waals surface area (Å²) in [6, 6.07) is 12.9. The molecule has 0 fully saturated rings. The van der Waals surface area contributed by atoms with Crippen molar-refractivity contribution in [2.45, 2.75) is 6.54 Å². The molecule has 2 N–H and O–H groups in total. The lowest BCUT2D eigenvalue weighted by atomic mass is 10.3. The first-order valence-corrected chi connectivity index (χ1v) is 7.39. The van der Waals surface area contributed by atoms with Gasteiger partial charge in [0, 0.05) is 6.20 Å². The molecule has 0 radical (unpaired) electrons. The zero-order valence-electron chi connectivity index (χ0n) is 11.4. The number of carbonyl (C=O) groups excluding carboxylic acids is 2. The van der Waals surface area contributed by atoms with Crippen LogP contribution in [-0.2, 0) is 16.1 Å². The Labute approximate surface area is 130 Å². The van der Waals surface area contributed by atoms with Gasteiger partial charge in [-0.15, -0.1) is 0 Å². The number of amides is 2. The van der Waals surface area contributed by atoms with Crippen LogP contribution in [0.4, 0.5) is 5.13 Å². The highest BCUT2D eigenvalue weighted by atomic mass is 32.1. The summed E-state index contributed by atoms with van der Waals surface area (Å²) in [6.07, 6.45) is 1.63. The van der Waals surface area contributed by atoms with Crippen LogP contribution in [0.2, 0.25) is 0 Å². The van der Waals surface area contributed by atoms with E-state index in [1.807, 2.05) is 30.3 Å². The molecule has 0 saturated carbocycles. The van der Waals surface area contributed by atoms with Gasteiger partial charge in [0.25, 0.3) is 0 Å². The number of nitrogens with zero attached hydrogens (tertiary/aromatic N) is 2. The van der Waals surface area contributed by atoms with Crippen LogP contribution >= 0.6 is 11.3 Å². The van der Waals surface area contributed by atoms with Crippen molar-refractivity contribution in [3.05, 3.63) is 54.4 Å². The molecule has 0 atom stereocenters. The van der Waals surface area contributed by atoms with Gasteiger partial charge in [-0.1, -0.05) is 29.5 Å². The van der Waals surface area contributed by atoms with Gasteiger partial charge in [-0.3, -0.25) is 19.9 Å². The molecular formula is C15H12N4O2S. The number of hydrogen-bond donors (Lipinski definition) is 2. The molecule has 2 aromatic heterocycles. The fourth-order valence-electron chi connectivity index (χ4n) is 1.83. The summed E-state index contributed by atoms with van der Waals surface area (Å²) in [5, 5.41) is 5.42. The fraction of sp³-hybridized carbons (Fsp3) is 0.0667. The van der Waals surface area contributed by atoms with Gasteiger partial charge < -0.3 is 5.32 Å². The molecule has 7 heteroatoms. The first-order valence-electron chi connectivity index (χ1n) is 6.57. The molecule has 0 aliphatic rings. The smallest absolute Gasteiger partial charge is 0.315 e. The van der Waals surface area contributed by atoms with Gasteiger partial charge in [-0.05, 0) is 24.3 Å². The van der Waals surface area contributed by atoms with Crippen LogP contribution in [0, 0.1) is 0 Å². The van der Waals surface area contributed by atoms with Crippen LogP contribution in [0.3, 0.4) is 0 Å². The lowest BCUT2D eigenvalue weighted by molar-refractivity contribution is -0.136. The SMILES string of the molecule is O=C(NCc1ccccn1)C(=O)Nc1nc2ccccc2s1. The van der Waals surface area contributed by atoms with Crippen molar-refractivity contribution >= 4 is 38.5 Å². The zero-order valence-corrected chi connectivity index (χ0v) is 12.3. The second-order valence-corrected chi connectivity index (χ2v) is 5.48. The molecule has 0 unspecified atom stereocenters. The Morgan fingerprint density at radius 3 is 2.64 bits per heavy atom. The van der Waals surface area contributed by atoms with Gasteiger partial charge >= 0.3 is 11.8 Å². The largest absolute Gasteiger partial charge is 0.342 e. The van der Waals surface area contributed by atoms with E-state index in [9.17, 15) is 9.59 Å². The second kappa shape index (κ2) is 6.31. The highest BCUT2D eigenvalue weighted by molar-refractivity contribution is 7.22. The first-order chi connectivity index (χ1) is 10.7. The molecule has 3 rings (SSSR count). The Morgan fingerprint density at radius 2 is 1.86 bits per heavy atom. The van der Waals surface area contributed by atoms with Gasteiger partial charge in [-0.2, -0.15) is 0 Å². The molecule has 0 aliphatic heterocycles. The molecule has 22 heavy (non-hydrogen) atoms. The van der Waals surface area contributed by atoms with Gasteiger partial charge in [0.2, 0.25) is 0 Å². The Kier molecular flexibility index (Phi) is 4.06.